The van der Waals surface area contributed by atoms with Crippen LogP contribution in [-0.4, -0.2) is 105 Å². The van der Waals surface area contributed by atoms with Crippen molar-refractivity contribution in [2.24, 2.45) is 5.73 Å². The summed E-state index contributed by atoms with van der Waals surface area (Å²) in [6.07, 6.45) is -0.516. The van der Waals surface area contributed by atoms with Crippen molar-refractivity contribution in [1.29, 1.82) is 0 Å². The third-order valence-electron chi connectivity index (χ3n) is 6.25. The molecule has 0 aromatic rings. The van der Waals surface area contributed by atoms with Crippen LogP contribution >= 0.6 is 0 Å². The summed E-state index contributed by atoms with van der Waals surface area (Å²) in [4.78, 5) is 65.8. The van der Waals surface area contributed by atoms with Crippen LogP contribution < -0.4 is 22.1 Å². The molecule has 0 aromatic carbocycles. The third kappa shape index (κ3) is 6.29. The highest BCUT2D eigenvalue weighted by molar-refractivity contribution is 5.96. The van der Waals surface area contributed by atoms with Gasteiger partial charge >= 0.3 is 5.91 Å². The second-order valence-electron chi connectivity index (χ2n) is 9.09. The monoisotopic (exact) mass is 485 g/mol. The van der Waals surface area contributed by atoms with Gasteiger partial charge in [0.1, 0.15) is 18.1 Å². The molecule has 2 rings (SSSR count). The van der Waals surface area contributed by atoms with Crippen molar-refractivity contribution >= 4 is 29.5 Å². The molecule has 13 heteroatoms. The Morgan fingerprint density at radius 2 is 1.41 bits per heavy atom. The lowest BCUT2D eigenvalue weighted by molar-refractivity contribution is -0.310. The number of amides is 5. The van der Waals surface area contributed by atoms with E-state index in [2.05, 4.69) is 16.4 Å². The maximum atomic E-state index is 13.4. The number of rotatable bonds is 9. The molecule has 34 heavy (non-hydrogen) atoms. The van der Waals surface area contributed by atoms with Gasteiger partial charge in [0.05, 0.1) is 18.2 Å². The molecular weight excluding hydrogens is 448 g/mol. The van der Waals surface area contributed by atoms with E-state index in [1.807, 2.05) is 0 Å². The number of hydrogen-bond donors (Lipinski definition) is 6. The minimum Gasteiger partial charge on any atom is -0.391 e. The van der Waals surface area contributed by atoms with Crippen LogP contribution in [0.2, 0.25) is 0 Å². The Hall–Kier alpha value is -2.61. The normalized spacial score (nSPS) is 24.7. The van der Waals surface area contributed by atoms with E-state index in [1.165, 1.54) is 30.6 Å². The molecule has 0 aromatic heterocycles. The fraction of sp³-hybridized carbons (Fsp3) is 0.762. The van der Waals surface area contributed by atoms with Crippen LogP contribution in [0, 0.1) is 0 Å². The van der Waals surface area contributed by atoms with Crippen molar-refractivity contribution in [2.75, 3.05) is 13.1 Å². The fourth-order valence-electron chi connectivity index (χ4n) is 4.35. The van der Waals surface area contributed by atoms with Gasteiger partial charge in [-0.2, -0.15) is 0 Å². The summed E-state index contributed by atoms with van der Waals surface area (Å²) < 4.78 is 0. The van der Waals surface area contributed by atoms with Gasteiger partial charge in [-0.1, -0.05) is 0 Å². The molecule has 0 saturated carbocycles. The van der Waals surface area contributed by atoms with Gasteiger partial charge < -0.3 is 36.4 Å². The number of aliphatic hydroxyl groups is 2. The molecule has 9 N–H and O–H groups in total. The lowest BCUT2D eigenvalue weighted by atomic mass is 10.1. The lowest BCUT2D eigenvalue weighted by Crippen LogP contribution is -2.69. The van der Waals surface area contributed by atoms with Crippen LogP contribution in [0.25, 0.3) is 0 Å². The molecule has 7 atom stereocenters. The Bertz CT molecular complexity index is 802. The number of carbonyl (C=O) groups excluding carboxylic acids is 5. The van der Waals surface area contributed by atoms with Gasteiger partial charge in [0, 0.05) is 13.1 Å². The Morgan fingerprint density at radius 3 is 1.91 bits per heavy atom. The average Bonchev–Trinajstić information content (AvgIpc) is 3.43. The number of carbonyl (C=O) groups is 5. The number of nitrogens with one attached hydrogen (secondary N) is 2. The van der Waals surface area contributed by atoms with E-state index in [1.54, 1.807) is 0 Å². The molecule has 192 valence electrons. The second-order valence-corrected chi connectivity index (χ2v) is 9.09. The van der Waals surface area contributed by atoms with E-state index < -0.39 is 72.0 Å². The smallest absolute Gasteiger partial charge is 0.333 e. The van der Waals surface area contributed by atoms with Gasteiger partial charge in [0.15, 0.2) is 6.04 Å². The SMILES string of the molecule is CC(N)C(=O)NC(C(=O)N1CCCC1C(=O)N1CCCC1C(=O)NC(C([NH3+])=O)C(C)O)C(C)O. The van der Waals surface area contributed by atoms with Crippen molar-refractivity contribution < 1.29 is 39.9 Å². The molecule has 2 aliphatic heterocycles. The number of aliphatic hydroxyl groups excluding tert-OH is 2. The first-order valence-corrected chi connectivity index (χ1v) is 11.6. The third-order valence-corrected chi connectivity index (χ3v) is 6.25. The summed E-state index contributed by atoms with van der Waals surface area (Å²) >= 11 is 0. The molecule has 2 heterocycles. The van der Waals surface area contributed by atoms with Gasteiger partial charge in [-0.25, -0.2) is 4.79 Å². The van der Waals surface area contributed by atoms with Crippen molar-refractivity contribution in [1.82, 2.24) is 20.4 Å². The van der Waals surface area contributed by atoms with E-state index in [0.717, 1.165) is 0 Å². The summed E-state index contributed by atoms with van der Waals surface area (Å²) in [7, 11) is 0. The van der Waals surface area contributed by atoms with E-state index in [4.69, 9.17) is 5.73 Å². The number of hydrogen-bond acceptors (Lipinski definition) is 8. The summed E-state index contributed by atoms with van der Waals surface area (Å²) in [5.74, 6) is -2.84. The number of nitrogens with zero attached hydrogens (tertiary/aromatic N) is 2. The van der Waals surface area contributed by atoms with Crippen LogP contribution in [0.3, 0.4) is 0 Å². The summed E-state index contributed by atoms with van der Waals surface area (Å²) in [5, 5.41) is 24.7. The molecule has 5 amide bonds. The first kappa shape index (κ1) is 27.6. The van der Waals surface area contributed by atoms with E-state index in [0.29, 0.717) is 32.2 Å². The minimum absolute atomic E-state index is 0.261. The molecular formula is C21H37N6O7+. The molecule has 2 aliphatic rings. The maximum Gasteiger partial charge on any atom is 0.333 e. The highest BCUT2D eigenvalue weighted by Gasteiger charge is 2.44. The van der Waals surface area contributed by atoms with Gasteiger partial charge in [0.25, 0.3) is 0 Å². The predicted molar refractivity (Wildman–Crippen MR) is 118 cm³/mol. The van der Waals surface area contributed by atoms with Crippen LogP contribution in [0.15, 0.2) is 0 Å². The molecule has 2 fully saturated rings. The second kappa shape index (κ2) is 11.7. The maximum absolute atomic E-state index is 13.4. The number of likely N-dealkylation sites (tertiary alicyclic amines) is 2. The zero-order valence-corrected chi connectivity index (χ0v) is 19.9. The molecule has 0 aliphatic carbocycles. The van der Waals surface area contributed by atoms with Crippen molar-refractivity contribution in [3.05, 3.63) is 0 Å². The zero-order valence-electron chi connectivity index (χ0n) is 19.9. The standard InChI is InChI=1S/C21H36N6O7/c1-10(22)18(31)25-16(12(3)29)21(34)27-9-5-7-14(27)20(33)26-8-4-6-13(26)19(32)24-15(11(2)28)17(23)30/h10-16,28-29H,4-9,22H2,1-3H3,(H2,23,30)(H,24,32)(H,25,31)/p+1. The highest BCUT2D eigenvalue weighted by Crippen LogP contribution is 2.26. The van der Waals surface area contributed by atoms with E-state index in [9.17, 15) is 34.2 Å². The molecule has 0 bridgehead atoms. The van der Waals surface area contributed by atoms with Crippen molar-refractivity contribution in [3.63, 3.8) is 0 Å². The average molecular weight is 486 g/mol. The van der Waals surface area contributed by atoms with E-state index >= 15 is 0 Å². The fourth-order valence-corrected chi connectivity index (χ4v) is 4.35. The molecule has 0 spiro atoms. The minimum atomic E-state index is -1.26. The quantitative estimate of drug-likeness (QED) is 0.188. The summed E-state index contributed by atoms with van der Waals surface area (Å²) in [6.45, 7) is 4.73. The van der Waals surface area contributed by atoms with Gasteiger partial charge in [-0.3, -0.25) is 24.9 Å². The summed E-state index contributed by atoms with van der Waals surface area (Å²) in [5.41, 5.74) is 8.81. The summed E-state index contributed by atoms with van der Waals surface area (Å²) in [6, 6.07) is -5.04. The Morgan fingerprint density at radius 1 is 0.882 bits per heavy atom. The number of nitrogens with two attached hydrogens (primary N) is 1. The van der Waals surface area contributed by atoms with Crippen LogP contribution in [0.5, 0.6) is 0 Å². The first-order chi connectivity index (χ1) is 15.9. The van der Waals surface area contributed by atoms with Crippen LogP contribution in [0.4, 0.5) is 0 Å². The molecule has 7 unspecified atom stereocenters. The van der Waals surface area contributed by atoms with Crippen LogP contribution in [0.1, 0.15) is 46.5 Å². The van der Waals surface area contributed by atoms with Gasteiger partial charge in [-0.15, -0.1) is 0 Å². The molecule has 0 radical (unpaired) electrons. The number of quaternary nitrogens is 1. The Kier molecular flexibility index (Phi) is 9.50. The van der Waals surface area contributed by atoms with Crippen LogP contribution in [-0.2, 0) is 24.0 Å². The van der Waals surface area contributed by atoms with Crippen molar-refractivity contribution in [2.45, 2.75) is 88.9 Å². The zero-order chi connectivity index (χ0) is 25.7. The Labute approximate surface area is 198 Å². The van der Waals surface area contributed by atoms with E-state index in [-0.39, 0.29) is 6.54 Å². The van der Waals surface area contributed by atoms with Crippen molar-refractivity contribution in [3.8, 4) is 0 Å². The lowest BCUT2D eigenvalue weighted by Gasteiger charge is -2.34. The molecule has 13 nitrogen and oxygen atoms in total. The predicted octanol–water partition coefficient (Wildman–Crippen LogP) is -4.18. The van der Waals surface area contributed by atoms with Gasteiger partial charge in [0.2, 0.25) is 23.6 Å². The first-order valence-electron chi connectivity index (χ1n) is 11.6. The Balaban J connectivity index is 2.16. The van der Waals surface area contributed by atoms with Gasteiger partial charge in [-0.05, 0) is 46.5 Å². The highest BCUT2D eigenvalue weighted by atomic mass is 16.3. The molecule has 2 saturated heterocycles. The largest absolute Gasteiger partial charge is 0.391 e. The topological polar surface area (TPSA) is 210 Å².